The number of amides is 1. The van der Waals surface area contributed by atoms with Crippen LogP contribution in [0.15, 0.2) is 22.6 Å². The molecule has 1 aliphatic heterocycles. The second-order valence-corrected chi connectivity index (χ2v) is 5.90. The van der Waals surface area contributed by atoms with Crippen LogP contribution >= 0.6 is 11.6 Å². The van der Waals surface area contributed by atoms with Gasteiger partial charge in [0.1, 0.15) is 12.2 Å². The number of hydrogen-bond acceptors (Lipinski definition) is 5. The Morgan fingerprint density at radius 3 is 2.83 bits per heavy atom. The van der Waals surface area contributed by atoms with Crippen LogP contribution in [-0.4, -0.2) is 41.2 Å². The van der Waals surface area contributed by atoms with Gasteiger partial charge in [0, 0.05) is 18.1 Å². The van der Waals surface area contributed by atoms with Crippen molar-refractivity contribution in [3.05, 3.63) is 29.1 Å². The number of halogens is 1. The molecule has 1 fully saturated rings. The zero-order valence-corrected chi connectivity index (χ0v) is 13.7. The van der Waals surface area contributed by atoms with Gasteiger partial charge in [-0.3, -0.25) is 4.79 Å². The molecule has 2 aromatic rings. The Morgan fingerprint density at radius 2 is 2.09 bits per heavy atom. The summed E-state index contributed by atoms with van der Waals surface area (Å²) in [7, 11) is 1.56. The van der Waals surface area contributed by atoms with E-state index in [0.29, 0.717) is 28.1 Å². The van der Waals surface area contributed by atoms with E-state index in [2.05, 4.69) is 10.2 Å². The van der Waals surface area contributed by atoms with Crippen molar-refractivity contribution in [3.63, 3.8) is 0 Å². The van der Waals surface area contributed by atoms with E-state index in [0.717, 1.165) is 25.9 Å². The van der Waals surface area contributed by atoms with Gasteiger partial charge in [0.2, 0.25) is 11.8 Å². The minimum Gasteiger partial charge on any atom is -0.496 e. The normalized spacial score (nSPS) is 14.8. The molecule has 0 unspecified atom stereocenters. The molecular formula is C16H18ClN3O3. The number of likely N-dealkylation sites (tertiary alicyclic amines) is 1. The number of hydrogen-bond donors (Lipinski definition) is 0. The fraction of sp³-hybridized carbons (Fsp3) is 0.438. The lowest BCUT2D eigenvalue weighted by molar-refractivity contribution is -0.131. The van der Waals surface area contributed by atoms with Crippen LogP contribution in [0.25, 0.3) is 11.5 Å². The summed E-state index contributed by atoms with van der Waals surface area (Å²) in [4.78, 5) is 14.1. The molecule has 0 spiro atoms. The third-order valence-corrected chi connectivity index (χ3v) is 4.11. The van der Waals surface area contributed by atoms with Crippen molar-refractivity contribution < 1.29 is 13.9 Å². The molecule has 0 radical (unpaired) electrons. The molecule has 2 heterocycles. The first-order valence-corrected chi connectivity index (χ1v) is 7.99. The number of rotatable bonds is 4. The van der Waals surface area contributed by atoms with Gasteiger partial charge < -0.3 is 14.1 Å². The Balaban J connectivity index is 1.75. The fourth-order valence-corrected chi connectivity index (χ4v) is 2.84. The summed E-state index contributed by atoms with van der Waals surface area (Å²) in [5.41, 5.74) is 0.615. The molecule has 1 aromatic heterocycles. The molecule has 7 heteroatoms. The highest BCUT2D eigenvalue weighted by molar-refractivity contribution is 6.30. The molecular weight excluding hydrogens is 318 g/mol. The fourth-order valence-electron chi connectivity index (χ4n) is 2.67. The van der Waals surface area contributed by atoms with Gasteiger partial charge in [-0.1, -0.05) is 11.6 Å². The van der Waals surface area contributed by atoms with Crippen LogP contribution in [0, 0.1) is 0 Å². The first-order chi connectivity index (χ1) is 11.2. The average Bonchev–Trinajstić information content (AvgIpc) is 3.04. The van der Waals surface area contributed by atoms with Crippen LogP contribution in [-0.2, 0) is 11.2 Å². The van der Waals surface area contributed by atoms with Gasteiger partial charge in [0.15, 0.2) is 0 Å². The molecule has 1 amide bonds. The van der Waals surface area contributed by atoms with Crippen molar-refractivity contribution in [3.8, 4) is 17.2 Å². The lowest BCUT2D eigenvalue weighted by Gasteiger charge is -2.26. The summed E-state index contributed by atoms with van der Waals surface area (Å²) in [6, 6.07) is 5.16. The highest BCUT2D eigenvalue weighted by Crippen LogP contribution is 2.31. The number of piperidine rings is 1. The van der Waals surface area contributed by atoms with Gasteiger partial charge in [-0.15, -0.1) is 10.2 Å². The van der Waals surface area contributed by atoms with E-state index in [1.54, 1.807) is 25.3 Å². The Kier molecular flexibility index (Phi) is 4.81. The van der Waals surface area contributed by atoms with Crippen LogP contribution in [0.3, 0.4) is 0 Å². The molecule has 1 aromatic carbocycles. The van der Waals surface area contributed by atoms with E-state index in [-0.39, 0.29) is 12.3 Å². The summed E-state index contributed by atoms with van der Waals surface area (Å²) in [6.07, 6.45) is 3.42. The van der Waals surface area contributed by atoms with Crippen LogP contribution in [0.1, 0.15) is 25.2 Å². The highest BCUT2D eigenvalue weighted by Gasteiger charge is 2.20. The summed E-state index contributed by atoms with van der Waals surface area (Å²) in [5.74, 6) is 1.22. The minimum absolute atomic E-state index is 0.0259. The van der Waals surface area contributed by atoms with E-state index in [1.807, 2.05) is 4.90 Å². The van der Waals surface area contributed by atoms with Crippen LogP contribution < -0.4 is 4.74 Å². The molecule has 0 atom stereocenters. The van der Waals surface area contributed by atoms with E-state index in [9.17, 15) is 4.79 Å². The van der Waals surface area contributed by atoms with E-state index >= 15 is 0 Å². The molecule has 0 bridgehead atoms. The predicted octanol–water partition coefficient (Wildman–Crippen LogP) is 2.95. The Bertz CT molecular complexity index is 696. The average molecular weight is 336 g/mol. The quantitative estimate of drug-likeness (QED) is 0.859. The van der Waals surface area contributed by atoms with Gasteiger partial charge >= 0.3 is 0 Å². The number of carbonyl (C=O) groups is 1. The first kappa shape index (κ1) is 15.8. The second-order valence-electron chi connectivity index (χ2n) is 5.46. The summed E-state index contributed by atoms with van der Waals surface area (Å²) in [5, 5.41) is 8.52. The maximum atomic E-state index is 12.2. The van der Waals surface area contributed by atoms with Gasteiger partial charge in [0.25, 0.3) is 5.89 Å². The number of aromatic nitrogens is 2. The molecule has 0 saturated carbocycles. The van der Waals surface area contributed by atoms with Crippen molar-refractivity contribution in [1.82, 2.24) is 15.1 Å². The number of benzene rings is 1. The monoisotopic (exact) mass is 335 g/mol. The molecule has 6 nitrogen and oxygen atoms in total. The van der Waals surface area contributed by atoms with Gasteiger partial charge in [0.05, 0.1) is 12.7 Å². The van der Waals surface area contributed by atoms with Crippen molar-refractivity contribution >= 4 is 17.5 Å². The van der Waals surface area contributed by atoms with E-state index in [4.69, 9.17) is 20.8 Å². The lowest BCUT2D eigenvalue weighted by atomic mass is 10.1. The Morgan fingerprint density at radius 1 is 1.30 bits per heavy atom. The van der Waals surface area contributed by atoms with Crippen LogP contribution in [0.4, 0.5) is 0 Å². The summed E-state index contributed by atoms with van der Waals surface area (Å²) in [6.45, 7) is 1.61. The maximum Gasteiger partial charge on any atom is 0.251 e. The molecule has 1 aliphatic rings. The largest absolute Gasteiger partial charge is 0.496 e. The van der Waals surface area contributed by atoms with Crippen molar-refractivity contribution in [2.75, 3.05) is 20.2 Å². The third kappa shape index (κ3) is 3.64. The molecule has 1 saturated heterocycles. The highest BCUT2D eigenvalue weighted by atomic mass is 35.5. The number of ether oxygens (including phenoxy) is 1. The second kappa shape index (κ2) is 7.00. The number of methoxy groups -OCH3 is 1. The molecule has 3 rings (SSSR count). The Labute approximate surface area is 139 Å². The van der Waals surface area contributed by atoms with Gasteiger partial charge in [-0.2, -0.15) is 0 Å². The Hall–Kier alpha value is -2.08. The predicted molar refractivity (Wildman–Crippen MR) is 85.4 cm³/mol. The number of nitrogens with zero attached hydrogens (tertiary/aromatic N) is 3. The topological polar surface area (TPSA) is 68.5 Å². The maximum absolute atomic E-state index is 12.2. The summed E-state index contributed by atoms with van der Waals surface area (Å²) < 4.78 is 10.9. The molecule has 122 valence electrons. The molecule has 23 heavy (non-hydrogen) atoms. The van der Waals surface area contributed by atoms with Crippen molar-refractivity contribution in [2.24, 2.45) is 0 Å². The zero-order chi connectivity index (χ0) is 16.2. The SMILES string of the molecule is COc1ccc(Cl)cc1-c1nnc(CC(=O)N2CCCCC2)o1. The zero-order valence-electron chi connectivity index (χ0n) is 12.9. The van der Waals surface area contributed by atoms with Crippen LogP contribution in [0.5, 0.6) is 5.75 Å². The van der Waals surface area contributed by atoms with Gasteiger partial charge in [-0.25, -0.2) is 0 Å². The molecule has 0 N–H and O–H groups in total. The smallest absolute Gasteiger partial charge is 0.251 e. The van der Waals surface area contributed by atoms with E-state index < -0.39 is 0 Å². The minimum atomic E-state index is 0.0259. The lowest BCUT2D eigenvalue weighted by Crippen LogP contribution is -2.36. The third-order valence-electron chi connectivity index (χ3n) is 3.87. The summed E-state index contributed by atoms with van der Waals surface area (Å²) >= 11 is 6.01. The molecule has 0 aliphatic carbocycles. The van der Waals surface area contributed by atoms with E-state index in [1.165, 1.54) is 6.42 Å². The van der Waals surface area contributed by atoms with Crippen molar-refractivity contribution in [1.29, 1.82) is 0 Å². The van der Waals surface area contributed by atoms with Crippen LogP contribution in [0.2, 0.25) is 5.02 Å². The van der Waals surface area contributed by atoms with Gasteiger partial charge in [-0.05, 0) is 37.5 Å². The standard InChI is InChI=1S/C16H18ClN3O3/c1-22-13-6-5-11(17)9-12(13)16-19-18-14(23-16)10-15(21)20-7-3-2-4-8-20/h5-6,9H,2-4,7-8,10H2,1H3. The van der Waals surface area contributed by atoms with Crippen molar-refractivity contribution in [2.45, 2.75) is 25.7 Å². The number of carbonyl (C=O) groups excluding carboxylic acids is 1. The first-order valence-electron chi connectivity index (χ1n) is 7.61.